The Labute approximate surface area is 152 Å². The second-order valence-corrected chi connectivity index (χ2v) is 6.90. The summed E-state index contributed by atoms with van der Waals surface area (Å²) in [4.78, 5) is 12.8. The van der Waals surface area contributed by atoms with E-state index >= 15 is 0 Å². The predicted molar refractivity (Wildman–Crippen MR) is 101 cm³/mol. The van der Waals surface area contributed by atoms with E-state index in [1.807, 2.05) is 54.7 Å². The number of para-hydroxylation sites is 1. The maximum atomic E-state index is 12.8. The van der Waals surface area contributed by atoms with Gasteiger partial charge in [0.1, 0.15) is 0 Å². The largest absolute Gasteiger partial charge is 0.349 e. The Bertz CT molecular complexity index is 883. The molecule has 4 rings (SSSR count). The fraction of sp³-hybridized carbons (Fsp3) is 0.238. The number of hydrogen-bond donors (Lipinski definition) is 2. The van der Waals surface area contributed by atoms with Gasteiger partial charge in [0.25, 0.3) is 5.91 Å². The molecule has 1 saturated carbocycles. The smallest absolute Gasteiger partial charge is 0.253 e. The molecule has 3 aromatic rings. The van der Waals surface area contributed by atoms with Crippen LogP contribution in [0.15, 0.2) is 73.1 Å². The Morgan fingerprint density at radius 3 is 2.54 bits per heavy atom. The Kier molecular flexibility index (Phi) is 4.31. The lowest BCUT2D eigenvalue weighted by atomic mass is 9.61. The van der Waals surface area contributed by atoms with E-state index in [1.165, 1.54) is 5.56 Å². The van der Waals surface area contributed by atoms with Gasteiger partial charge in [-0.3, -0.25) is 4.79 Å². The van der Waals surface area contributed by atoms with E-state index < -0.39 is 0 Å². The van der Waals surface area contributed by atoms with Crippen molar-refractivity contribution in [1.29, 1.82) is 0 Å². The maximum Gasteiger partial charge on any atom is 0.253 e. The van der Waals surface area contributed by atoms with Crippen molar-refractivity contribution in [3.63, 3.8) is 0 Å². The van der Waals surface area contributed by atoms with Gasteiger partial charge in [-0.05, 0) is 36.6 Å². The molecule has 3 N–H and O–H groups in total. The van der Waals surface area contributed by atoms with Gasteiger partial charge in [0.05, 0.1) is 11.3 Å². The molecule has 1 heterocycles. The highest BCUT2D eigenvalue weighted by Gasteiger charge is 2.45. The standard InChI is InChI=1S/C21H22N4O/c22-15-21(16-7-2-1-3-8-16)13-17(14-21)24-20(26)18-9-4-5-10-19(18)25-12-6-11-23-25/h1-12,17H,13-15,22H2,(H,24,26). The summed E-state index contributed by atoms with van der Waals surface area (Å²) >= 11 is 0. The number of nitrogens with zero attached hydrogens (tertiary/aromatic N) is 2. The topological polar surface area (TPSA) is 72.9 Å². The molecule has 1 aliphatic carbocycles. The highest BCUT2D eigenvalue weighted by Crippen LogP contribution is 2.43. The number of aromatic nitrogens is 2. The van der Waals surface area contributed by atoms with E-state index in [0.29, 0.717) is 12.1 Å². The normalized spacial score (nSPS) is 21.8. The van der Waals surface area contributed by atoms with Crippen molar-refractivity contribution in [3.05, 3.63) is 84.2 Å². The molecule has 0 saturated heterocycles. The zero-order valence-corrected chi connectivity index (χ0v) is 14.5. The van der Waals surface area contributed by atoms with Gasteiger partial charge in [0.2, 0.25) is 0 Å². The van der Waals surface area contributed by atoms with Crippen LogP contribution < -0.4 is 11.1 Å². The van der Waals surface area contributed by atoms with Gasteiger partial charge >= 0.3 is 0 Å². The monoisotopic (exact) mass is 346 g/mol. The summed E-state index contributed by atoms with van der Waals surface area (Å²) in [5, 5.41) is 7.40. The van der Waals surface area contributed by atoms with Gasteiger partial charge in [-0.15, -0.1) is 0 Å². The van der Waals surface area contributed by atoms with E-state index in [2.05, 4.69) is 22.5 Å². The zero-order chi connectivity index (χ0) is 18.0. The SMILES string of the molecule is NCC1(c2ccccc2)CC(NC(=O)c2ccccc2-n2cccn2)C1. The van der Waals surface area contributed by atoms with Crippen molar-refractivity contribution in [2.45, 2.75) is 24.3 Å². The molecule has 5 nitrogen and oxygen atoms in total. The van der Waals surface area contributed by atoms with Crippen LogP contribution in [0.5, 0.6) is 0 Å². The lowest BCUT2D eigenvalue weighted by Crippen LogP contribution is -2.56. The van der Waals surface area contributed by atoms with Crippen LogP contribution in [-0.4, -0.2) is 28.3 Å². The Morgan fingerprint density at radius 1 is 1.12 bits per heavy atom. The van der Waals surface area contributed by atoms with E-state index in [9.17, 15) is 4.79 Å². The van der Waals surface area contributed by atoms with Gasteiger partial charge in [0.15, 0.2) is 0 Å². The lowest BCUT2D eigenvalue weighted by Gasteiger charge is -2.48. The van der Waals surface area contributed by atoms with Crippen molar-refractivity contribution in [3.8, 4) is 5.69 Å². The van der Waals surface area contributed by atoms with Crippen LogP contribution in [0.4, 0.5) is 0 Å². The second kappa shape index (κ2) is 6.77. The maximum absolute atomic E-state index is 12.8. The number of nitrogens with two attached hydrogens (primary N) is 1. The van der Waals surface area contributed by atoms with Crippen LogP contribution in [0.2, 0.25) is 0 Å². The quantitative estimate of drug-likeness (QED) is 0.746. The van der Waals surface area contributed by atoms with Gasteiger partial charge in [-0.25, -0.2) is 4.68 Å². The molecule has 1 fully saturated rings. The minimum Gasteiger partial charge on any atom is -0.349 e. The molecule has 2 aromatic carbocycles. The summed E-state index contributed by atoms with van der Waals surface area (Å²) in [6.45, 7) is 0.591. The molecule has 132 valence electrons. The first-order chi connectivity index (χ1) is 12.7. The van der Waals surface area contributed by atoms with E-state index in [0.717, 1.165) is 18.5 Å². The first kappa shape index (κ1) is 16.5. The minimum absolute atomic E-state index is 0.0271. The number of benzene rings is 2. The molecule has 1 aliphatic rings. The molecule has 0 aliphatic heterocycles. The Hall–Kier alpha value is -2.92. The molecular formula is C21H22N4O. The summed E-state index contributed by atoms with van der Waals surface area (Å²) in [6, 6.07) is 19.8. The fourth-order valence-corrected chi connectivity index (χ4v) is 3.84. The van der Waals surface area contributed by atoms with Crippen molar-refractivity contribution < 1.29 is 4.79 Å². The number of nitrogens with one attached hydrogen (secondary N) is 1. The first-order valence-electron chi connectivity index (χ1n) is 8.87. The predicted octanol–water partition coefficient (Wildman–Crippen LogP) is 2.66. The molecule has 0 spiro atoms. The number of carbonyl (C=O) groups excluding carboxylic acids is 1. The fourth-order valence-electron chi connectivity index (χ4n) is 3.84. The summed E-state index contributed by atoms with van der Waals surface area (Å²) in [5.74, 6) is -0.0696. The van der Waals surface area contributed by atoms with Gasteiger partial charge in [0, 0.05) is 30.4 Å². The molecule has 0 unspecified atom stereocenters. The van der Waals surface area contributed by atoms with Crippen molar-refractivity contribution in [2.24, 2.45) is 5.73 Å². The first-order valence-corrected chi connectivity index (χ1v) is 8.87. The van der Waals surface area contributed by atoms with Crippen molar-refractivity contribution >= 4 is 5.91 Å². The highest BCUT2D eigenvalue weighted by atomic mass is 16.1. The van der Waals surface area contributed by atoms with Crippen LogP contribution in [0, 0.1) is 0 Å². The average Bonchev–Trinajstić information content (AvgIpc) is 3.19. The number of amides is 1. The summed E-state index contributed by atoms with van der Waals surface area (Å²) in [7, 11) is 0. The Balaban J connectivity index is 1.48. The molecular weight excluding hydrogens is 324 g/mol. The molecule has 26 heavy (non-hydrogen) atoms. The third-order valence-corrected chi connectivity index (χ3v) is 5.29. The van der Waals surface area contributed by atoms with Crippen LogP contribution >= 0.6 is 0 Å². The zero-order valence-electron chi connectivity index (χ0n) is 14.5. The lowest BCUT2D eigenvalue weighted by molar-refractivity contribution is 0.0866. The molecule has 0 atom stereocenters. The molecule has 1 aromatic heterocycles. The van der Waals surface area contributed by atoms with E-state index in [-0.39, 0.29) is 17.4 Å². The second-order valence-electron chi connectivity index (χ2n) is 6.90. The van der Waals surface area contributed by atoms with E-state index in [4.69, 9.17) is 5.73 Å². The average molecular weight is 346 g/mol. The summed E-state index contributed by atoms with van der Waals surface area (Å²) < 4.78 is 1.71. The summed E-state index contributed by atoms with van der Waals surface area (Å²) in [5.41, 5.74) is 8.70. The molecule has 5 heteroatoms. The third kappa shape index (κ3) is 2.91. The minimum atomic E-state index is -0.0696. The molecule has 1 amide bonds. The Morgan fingerprint density at radius 2 is 1.85 bits per heavy atom. The summed E-state index contributed by atoms with van der Waals surface area (Å²) in [6.07, 6.45) is 5.27. The van der Waals surface area contributed by atoms with Crippen molar-refractivity contribution in [1.82, 2.24) is 15.1 Å². The van der Waals surface area contributed by atoms with Gasteiger partial charge < -0.3 is 11.1 Å². The number of carbonyl (C=O) groups is 1. The molecule has 0 radical (unpaired) electrons. The van der Waals surface area contributed by atoms with Crippen molar-refractivity contribution in [2.75, 3.05) is 6.54 Å². The number of hydrogen-bond acceptors (Lipinski definition) is 3. The third-order valence-electron chi connectivity index (χ3n) is 5.29. The van der Waals surface area contributed by atoms with Crippen LogP contribution in [0.25, 0.3) is 5.69 Å². The van der Waals surface area contributed by atoms with Crippen LogP contribution in [0.1, 0.15) is 28.8 Å². The highest BCUT2D eigenvalue weighted by molar-refractivity contribution is 5.98. The van der Waals surface area contributed by atoms with Crippen LogP contribution in [-0.2, 0) is 5.41 Å². The molecule has 0 bridgehead atoms. The number of rotatable bonds is 5. The van der Waals surface area contributed by atoms with Gasteiger partial charge in [-0.2, -0.15) is 5.10 Å². The van der Waals surface area contributed by atoms with E-state index in [1.54, 1.807) is 10.9 Å². The van der Waals surface area contributed by atoms with Crippen LogP contribution in [0.3, 0.4) is 0 Å². The van der Waals surface area contributed by atoms with Gasteiger partial charge in [-0.1, -0.05) is 42.5 Å².